The molecule has 0 amide bonds. The predicted molar refractivity (Wildman–Crippen MR) is 137 cm³/mol. The third-order valence-corrected chi connectivity index (χ3v) is 7.51. The van der Waals surface area contributed by atoms with Gasteiger partial charge in [0.15, 0.2) is 12.3 Å². The summed E-state index contributed by atoms with van der Waals surface area (Å²) in [7, 11) is 0. The van der Waals surface area contributed by atoms with Gasteiger partial charge >= 0.3 is 0 Å². The van der Waals surface area contributed by atoms with E-state index in [0.717, 1.165) is 18.9 Å². The predicted octanol–water partition coefficient (Wildman–Crippen LogP) is 8.03. The molecule has 5 rings (SSSR count). The highest BCUT2D eigenvalue weighted by atomic mass is 15.1. The lowest BCUT2D eigenvalue weighted by atomic mass is 9.74. The van der Waals surface area contributed by atoms with Crippen molar-refractivity contribution in [3.05, 3.63) is 102 Å². The highest BCUT2D eigenvalue weighted by Gasteiger charge is 2.48. The molecule has 2 aliphatic rings. The number of fused-ring (bicyclic) bond motifs is 3. The molecule has 3 aromatic carbocycles. The van der Waals surface area contributed by atoms with Gasteiger partial charge in [-0.3, -0.25) is 0 Å². The Labute approximate surface area is 192 Å². The quantitative estimate of drug-likeness (QED) is 0.280. The number of aryl methyl sites for hydroxylation is 1. The van der Waals surface area contributed by atoms with Gasteiger partial charge in [-0.05, 0) is 55.9 Å². The largest absolute Gasteiger partial charge is 0.210 e. The maximum absolute atomic E-state index is 4.16. The van der Waals surface area contributed by atoms with Crippen LogP contribution >= 0.6 is 0 Å². The minimum absolute atomic E-state index is 0.0876. The Hall–Kier alpha value is -2.93. The Morgan fingerprint density at radius 1 is 1.03 bits per heavy atom. The van der Waals surface area contributed by atoms with Gasteiger partial charge in [-0.15, -0.1) is 6.58 Å². The fraction of sp³-hybridized carbons (Fsp3) is 0.323. The molecule has 32 heavy (non-hydrogen) atoms. The summed E-state index contributed by atoms with van der Waals surface area (Å²) in [5, 5.41) is 2.71. The molecule has 0 aromatic heterocycles. The van der Waals surface area contributed by atoms with Crippen LogP contribution in [0.4, 0.5) is 5.69 Å². The minimum atomic E-state index is -0.0876. The van der Waals surface area contributed by atoms with Gasteiger partial charge in [0.05, 0.1) is 5.41 Å². The molecule has 0 spiro atoms. The van der Waals surface area contributed by atoms with E-state index in [9.17, 15) is 0 Å². The van der Waals surface area contributed by atoms with Gasteiger partial charge in [0.1, 0.15) is 0 Å². The van der Waals surface area contributed by atoms with Gasteiger partial charge in [0.25, 0.3) is 0 Å². The average molecular weight is 421 g/mol. The van der Waals surface area contributed by atoms with Crippen molar-refractivity contribution in [2.75, 3.05) is 0 Å². The zero-order chi connectivity index (χ0) is 22.1. The number of hydrogen-bond acceptors (Lipinski definition) is 0. The van der Waals surface area contributed by atoms with E-state index in [1.807, 2.05) is 0 Å². The second kappa shape index (κ2) is 8.54. The maximum Gasteiger partial charge on any atom is 0.210 e. The van der Waals surface area contributed by atoms with Crippen LogP contribution in [0.25, 0.3) is 10.8 Å². The summed E-state index contributed by atoms with van der Waals surface area (Å²) in [5.41, 5.74) is 6.79. The second-order valence-electron chi connectivity index (χ2n) is 9.87. The van der Waals surface area contributed by atoms with Crippen LogP contribution in [0.1, 0.15) is 55.7 Å². The minimum Gasteiger partial charge on any atom is -0.191 e. The topological polar surface area (TPSA) is 3.01 Å². The Balaban J connectivity index is 1.72. The molecule has 1 unspecified atom stereocenters. The molecule has 0 bridgehead atoms. The van der Waals surface area contributed by atoms with Gasteiger partial charge in [-0.1, -0.05) is 79.1 Å². The Morgan fingerprint density at radius 2 is 1.81 bits per heavy atom. The van der Waals surface area contributed by atoms with E-state index in [4.69, 9.17) is 0 Å². The normalized spacial score (nSPS) is 21.1. The van der Waals surface area contributed by atoms with Gasteiger partial charge in [0.2, 0.25) is 5.69 Å². The van der Waals surface area contributed by atoms with E-state index < -0.39 is 0 Å². The van der Waals surface area contributed by atoms with E-state index in [0.29, 0.717) is 0 Å². The molecule has 1 heteroatoms. The van der Waals surface area contributed by atoms with Gasteiger partial charge in [-0.2, -0.15) is 4.58 Å². The summed E-state index contributed by atoms with van der Waals surface area (Å²) < 4.78 is 2.57. The lowest BCUT2D eigenvalue weighted by molar-refractivity contribution is -0.455. The van der Waals surface area contributed by atoms with Gasteiger partial charge in [0, 0.05) is 23.3 Å². The summed E-state index contributed by atoms with van der Waals surface area (Å²) in [6.07, 6.45) is 13.4. The second-order valence-corrected chi connectivity index (χ2v) is 9.87. The van der Waals surface area contributed by atoms with Crippen molar-refractivity contribution in [1.82, 2.24) is 0 Å². The molecule has 1 heterocycles. The molecule has 1 atom stereocenters. The van der Waals surface area contributed by atoms with E-state index >= 15 is 0 Å². The fourth-order valence-corrected chi connectivity index (χ4v) is 5.88. The lowest BCUT2D eigenvalue weighted by Crippen LogP contribution is -2.31. The molecule has 1 nitrogen and oxygen atoms in total. The van der Waals surface area contributed by atoms with Crippen molar-refractivity contribution in [3.8, 4) is 0 Å². The van der Waals surface area contributed by atoms with Crippen LogP contribution in [0, 0.1) is 12.8 Å². The van der Waals surface area contributed by atoms with Gasteiger partial charge < -0.3 is 0 Å². The van der Waals surface area contributed by atoms with E-state index in [-0.39, 0.29) is 5.41 Å². The van der Waals surface area contributed by atoms with Crippen molar-refractivity contribution >= 4 is 22.2 Å². The van der Waals surface area contributed by atoms with Crippen molar-refractivity contribution < 1.29 is 4.58 Å². The first-order valence-electron chi connectivity index (χ1n) is 12.1. The Morgan fingerprint density at radius 3 is 2.56 bits per heavy atom. The van der Waals surface area contributed by atoms with E-state index in [1.165, 1.54) is 64.5 Å². The van der Waals surface area contributed by atoms with Crippen LogP contribution in [0.15, 0.2) is 85.5 Å². The maximum atomic E-state index is 4.16. The van der Waals surface area contributed by atoms with Crippen molar-refractivity contribution in [3.63, 3.8) is 0 Å². The van der Waals surface area contributed by atoms with Gasteiger partial charge in [-0.25, -0.2) is 0 Å². The Bertz CT molecular complexity index is 1210. The molecule has 3 aromatic rings. The summed E-state index contributed by atoms with van der Waals surface area (Å²) >= 11 is 0. The SMILES string of the molecule is C=CCC1(C)C(/C=C/C2CCCC2)=[N+](Cc2ccccc2)c2ccc3cc(C)ccc3c21. The number of benzene rings is 3. The first-order valence-corrected chi connectivity index (χ1v) is 12.1. The van der Waals surface area contributed by atoms with Crippen LogP contribution in [-0.2, 0) is 12.0 Å². The molecule has 1 aliphatic carbocycles. The van der Waals surface area contributed by atoms with Crippen LogP contribution in [0.5, 0.6) is 0 Å². The molecule has 0 saturated heterocycles. The van der Waals surface area contributed by atoms with Crippen LogP contribution < -0.4 is 0 Å². The molecule has 0 radical (unpaired) electrons. The van der Waals surface area contributed by atoms with Crippen molar-refractivity contribution in [2.24, 2.45) is 5.92 Å². The highest BCUT2D eigenvalue weighted by Crippen LogP contribution is 2.47. The van der Waals surface area contributed by atoms with Crippen molar-refractivity contribution in [1.29, 1.82) is 0 Å². The molecular formula is C31H34N+. The number of nitrogens with zero attached hydrogens (tertiary/aromatic N) is 1. The van der Waals surface area contributed by atoms with Crippen LogP contribution in [-0.4, -0.2) is 10.3 Å². The van der Waals surface area contributed by atoms with Crippen molar-refractivity contribution in [2.45, 2.75) is 57.9 Å². The third kappa shape index (κ3) is 3.64. The first kappa shape index (κ1) is 20.9. The summed E-state index contributed by atoms with van der Waals surface area (Å²) in [6, 6.07) is 22.4. The smallest absolute Gasteiger partial charge is 0.191 e. The fourth-order valence-electron chi connectivity index (χ4n) is 5.88. The molecule has 1 aliphatic heterocycles. The number of hydrogen-bond donors (Lipinski definition) is 0. The van der Waals surface area contributed by atoms with E-state index in [2.05, 4.69) is 104 Å². The number of rotatable bonds is 6. The zero-order valence-corrected chi connectivity index (χ0v) is 19.5. The molecule has 0 N–H and O–H groups in total. The van der Waals surface area contributed by atoms with Crippen LogP contribution in [0.3, 0.4) is 0 Å². The monoisotopic (exact) mass is 420 g/mol. The standard InChI is InChI=1S/C31H34N/c1-4-20-31(3)29(19-15-24-10-8-9-11-24)32(22-25-12-6-5-7-13-25)28-18-16-26-21-23(2)14-17-27(26)30(28)31/h4-7,12-19,21,24H,1,8-11,20,22H2,2-3H3/q+1/b19-15+. The molecular weight excluding hydrogens is 386 g/mol. The zero-order valence-electron chi connectivity index (χ0n) is 19.5. The highest BCUT2D eigenvalue weighted by molar-refractivity contribution is 6.08. The molecule has 162 valence electrons. The molecule has 1 saturated carbocycles. The van der Waals surface area contributed by atoms with Crippen LogP contribution in [0.2, 0.25) is 0 Å². The lowest BCUT2D eigenvalue weighted by Gasteiger charge is -2.22. The first-order chi connectivity index (χ1) is 15.6. The molecule has 1 fully saturated rings. The average Bonchev–Trinajstić information content (AvgIpc) is 3.39. The Kier molecular flexibility index (Phi) is 5.59. The number of allylic oxidation sites excluding steroid dienone is 3. The van der Waals surface area contributed by atoms with E-state index in [1.54, 1.807) is 0 Å². The third-order valence-electron chi connectivity index (χ3n) is 7.51. The summed E-state index contributed by atoms with van der Waals surface area (Å²) in [6.45, 7) is 9.66. The summed E-state index contributed by atoms with van der Waals surface area (Å²) in [5.74, 6) is 0.720. The summed E-state index contributed by atoms with van der Waals surface area (Å²) in [4.78, 5) is 0.